The first-order valence-electron chi connectivity index (χ1n) is 6.54. The Kier molecular flexibility index (Phi) is 6.22. The number of sulfonamides is 1. The molecule has 1 heterocycles. The number of hydrogen-bond acceptors (Lipinski definition) is 5. The van der Waals surface area contributed by atoms with E-state index < -0.39 is 10.0 Å². The van der Waals surface area contributed by atoms with E-state index >= 15 is 0 Å². The van der Waals surface area contributed by atoms with E-state index in [1.807, 2.05) is 7.05 Å². The SMILES string of the molecule is COC(=O)CCCS(=O)(=O)N(C)CC1CCN(C)C1. The Hall–Kier alpha value is -0.660. The molecule has 0 spiro atoms. The maximum absolute atomic E-state index is 12.0. The van der Waals surface area contributed by atoms with Crippen LogP contribution in [0.2, 0.25) is 0 Å². The molecule has 0 saturated carbocycles. The summed E-state index contributed by atoms with van der Waals surface area (Å²) >= 11 is 0. The molecular formula is C12H24N2O4S. The first kappa shape index (κ1) is 16.4. The molecule has 0 aliphatic carbocycles. The Morgan fingerprint density at radius 3 is 2.68 bits per heavy atom. The van der Waals surface area contributed by atoms with Gasteiger partial charge < -0.3 is 9.64 Å². The van der Waals surface area contributed by atoms with Crippen molar-refractivity contribution in [3.8, 4) is 0 Å². The number of nitrogens with zero attached hydrogens (tertiary/aromatic N) is 2. The van der Waals surface area contributed by atoms with Crippen molar-refractivity contribution in [2.45, 2.75) is 19.3 Å². The lowest BCUT2D eigenvalue weighted by Crippen LogP contribution is -2.34. The van der Waals surface area contributed by atoms with Crippen LogP contribution in [0.4, 0.5) is 0 Å². The lowest BCUT2D eigenvalue weighted by molar-refractivity contribution is -0.140. The van der Waals surface area contributed by atoms with Gasteiger partial charge in [0, 0.05) is 26.6 Å². The minimum atomic E-state index is -3.26. The molecule has 1 fully saturated rings. The van der Waals surface area contributed by atoms with Gasteiger partial charge in [-0.25, -0.2) is 12.7 Å². The molecule has 0 aromatic rings. The number of likely N-dealkylation sites (tertiary alicyclic amines) is 1. The van der Waals surface area contributed by atoms with Gasteiger partial charge in [-0.2, -0.15) is 0 Å². The third-order valence-corrected chi connectivity index (χ3v) is 5.39. The van der Waals surface area contributed by atoms with Crippen LogP contribution in [-0.4, -0.2) is 70.2 Å². The maximum Gasteiger partial charge on any atom is 0.305 e. The van der Waals surface area contributed by atoms with Gasteiger partial charge in [-0.05, 0) is 32.4 Å². The number of carbonyl (C=O) groups excluding carboxylic acids is 1. The Morgan fingerprint density at radius 1 is 1.47 bits per heavy atom. The van der Waals surface area contributed by atoms with E-state index in [-0.39, 0.29) is 18.1 Å². The smallest absolute Gasteiger partial charge is 0.305 e. The maximum atomic E-state index is 12.0. The predicted molar refractivity (Wildman–Crippen MR) is 73.3 cm³/mol. The molecule has 0 bridgehead atoms. The summed E-state index contributed by atoms with van der Waals surface area (Å²) in [6.07, 6.45) is 1.50. The van der Waals surface area contributed by atoms with Crippen molar-refractivity contribution in [2.75, 3.05) is 46.6 Å². The second kappa shape index (κ2) is 7.21. The fourth-order valence-corrected chi connectivity index (χ4v) is 3.57. The molecule has 1 aliphatic heterocycles. The van der Waals surface area contributed by atoms with Crippen molar-refractivity contribution in [3.63, 3.8) is 0 Å². The van der Waals surface area contributed by atoms with Gasteiger partial charge in [-0.3, -0.25) is 4.79 Å². The summed E-state index contributed by atoms with van der Waals surface area (Å²) in [6, 6.07) is 0. The predicted octanol–water partition coefficient (Wildman–Crippen LogP) is 0.153. The molecule has 0 aromatic carbocycles. The zero-order chi connectivity index (χ0) is 14.5. The van der Waals surface area contributed by atoms with Gasteiger partial charge in [-0.15, -0.1) is 0 Å². The van der Waals surface area contributed by atoms with E-state index in [4.69, 9.17) is 0 Å². The fourth-order valence-electron chi connectivity index (χ4n) is 2.31. The van der Waals surface area contributed by atoms with Crippen molar-refractivity contribution >= 4 is 16.0 Å². The first-order chi connectivity index (χ1) is 8.85. The van der Waals surface area contributed by atoms with Gasteiger partial charge in [0.2, 0.25) is 10.0 Å². The summed E-state index contributed by atoms with van der Waals surface area (Å²) in [5, 5.41) is 0. The number of carbonyl (C=O) groups is 1. The van der Waals surface area contributed by atoms with Crippen LogP contribution >= 0.6 is 0 Å². The van der Waals surface area contributed by atoms with Crippen molar-refractivity contribution in [3.05, 3.63) is 0 Å². The van der Waals surface area contributed by atoms with Crippen molar-refractivity contribution in [1.82, 2.24) is 9.21 Å². The average molecular weight is 292 g/mol. The molecule has 1 atom stereocenters. The molecule has 7 heteroatoms. The van der Waals surface area contributed by atoms with Crippen molar-refractivity contribution in [2.24, 2.45) is 5.92 Å². The fraction of sp³-hybridized carbons (Fsp3) is 0.917. The molecule has 0 radical (unpaired) electrons. The zero-order valence-corrected chi connectivity index (χ0v) is 12.8. The van der Waals surface area contributed by atoms with E-state index in [2.05, 4.69) is 9.64 Å². The van der Waals surface area contributed by atoms with Crippen LogP contribution in [0.5, 0.6) is 0 Å². The highest BCUT2D eigenvalue weighted by atomic mass is 32.2. The van der Waals surface area contributed by atoms with Gasteiger partial charge >= 0.3 is 5.97 Å². The highest BCUT2D eigenvalue weighted by molar-refractivity contribution is 7.89. The minimum Gasteiger partial charge on any atom is -0.469 e. The molecular weight excluding hydrogens is 268 g/mol. The molecule has 1 unspecified atom stereocenters. The summed E-state index contributed by atoms with van der Waals surface area (Å²) in [7, 11) is 1.71. The van der Waals surface area contributed by atoms with Gasteiger partial charge in [0.1, 0.15) is 0 Å². The Morgan fingerprint density at radius 2 is 2.16 bits per heavy atom. The Balaban J connectivity index is 2.36. The normalized spacial score (nSPS) is 20.9. The summed E-state index contributed by atoms with van der Waals surface area (Å²) in [5.41, 5.74) is 0. The molecule has 1 saturated heterocycles. The highest BCUT2D eigenvalue weighted by Crippen LogP contribution is 2.17. The summed E-state index contributed by atoms with van der Waals surface area (Å²) < 4.78 is 30.0. The first-order valence-corrected chi connectivity index (χ1v) is 8.15. The van der Waals surface area contributed by atoms with Crippen LogP contribution in [0, 0.1) is 5.92 Å². The third-order valence-electron chi connectivity index (χ3n) is 3.49. The largest absolute Gasteiger partial charge is 0.469 e. The van der Waals surface area contributed by atoms with E-state index in [1.54, 1.807) is 7.05 Å². The average Bonchev–Trinajstić information content (AvgIpc) is 2.74. The number of esters is 1. The lowest BCUT2D eigenvalue weighted by Gasteiger charge is -2.20. The molecule has 6 nitrogen and oxygen atoms in total. The molecule has 0 amide bonds. The molecule has 0 aromatic heterocycles. The van der Waals surface area contributed by atoms with E-state index in [1.165, 1.54) is 11.4 Å². The lowest BCUT2D eigenvalue weighted by atomic mass is 10.1. The monoisotopic (exact) mass is 292 g/mol. The molecule has 1 aliphatic rings. The second-order valence-corrected chi connectivity index (χ2v) is 7.39. The second-order valence-electron chi connectivity index (χ2n) is 5.19. The zero-order valence-electron chi connectivity index (χ0n) is 12.0. The van der Waals surface area contributed by atoms with Gasteiger partial charge in [-0.1, -0.05) is 0 Å². The standard InChI is InChI=1S/C12H24N2O4S/c1-13-7-6-11(9-13)10-14(2)19(16,17)8-4-5-12(15)18-3/h11H,4-10H2,1-3H3. The van der Waals surface area contributed by atoms with Gasteiger partial charge in [0.05, 0.1) is 12.9 Å². The van der Waals surface area contributed by atoms with Crippen molar-refractivity contribution in [1.29, 1.82) is 0 Å². The van der Waals surface area contributed by atoms with Crippen LogP contribution < -0.4 is 0 Å². The number of methoxy groups -OCH3 is 1. The summed E-state index contributed by atoms with van der Waals surface area (Å²) in [5.74, 6) is 0.0434. The number of hydrogen-bond donors (Lipinski definition) is 0. The van der Waals surface area contributed by atoms with Crippen molar-refractivity contribution < 1.29 is 17.9 Å². The van der Waals surface area contributed by atoms with E-state index in [9.17, 15) is 13.2 Å². The Labute approximate surface area is 115 Å². The molecule has 19 heavy (non-hydrogen) atoms. The molecule has 1 rings (SSSR count). The van der Waals surface area contributed by atoms with Gasteiger partial charge in [0.15, 0.2) is 0 Å². The van der Waals surface area contributed by atoms with Crippen LogP contribution in [0.25, 0.3) is 0 Å². The van der Waals surface area contributed by atoms with Crippen LogP contribution in [-0.2, 0) is 19.6 Å². The topological polar surface area (TPSA) is 66.9 Å². The summed E-state index contributed by atoms with van der Waals surface area (Å²) in [4.78, 5) is 13.2. The van der Waals surface area contributed by atoms with Crippen LogP contribution in [0.15, 0.2) is 0 Å². The molecule has 0 N–H and O–H groups in total. The van der Waals surface area contributed by atoms with E-state index in [0.717, 1.165) is 19.5 Å². The number of ether oxygens (including phenoxy) is 1. The summed E-state index contributed by atoms with van der Waals surface area (Å²) in [6.45, 7) is 2.54. The van der Waals surface area contributed by atoms with Crippen LogP contribution in [0.1, 0.15) is 19.3 Å². The van der Waals surface area contributed by atoms with Crippen LogP contribution in [0.3, 0.4) is 0 Å². The Bertz CT molecular complexity index is 397. The quantitative estimate of drug-likeness (QED) is 0.625. The van der Waals surface area contributed by atoms with E-state index in [0.29, 0.717) is 18.9 Å². The molecule has 112 valence electrons. The third kappa shape index (κ3) is 5.46. The number of rotatable bonds is 7. The van der Waals surface area contributed by atoms with Gasteiger partial charge in [0.25, 0.3) is 0 Å². The highest BCUT2D eigenvalue weighted by Gasteiger charge is 2.25. The minimum absolute atomic E-state index is 0.00115.